The molecule has 0 radical (unpaired) electrons. The highest BCUT2D eigenvalue weighted by Gasteiger charge is 2.67. The smallest absolute Gasteiger partial charge is 0.283 e. The van der Waals surface area contributed by atoms with Crippen molar-refractivity contribution in [3.63, 3.8) is 0 Å². The molecule has 2 atom stereocenters. The molecular weight excluding hydrogens is 468 g/mol. The van der Waals surface area contributed by atoms with Crippen LogP contribution in [-0.4, -0.2) is 42.8 Å². The number of nitrogens with two attached hydrogens (primary N) is 1. The van der Waals surface area contributed by atoms with Crippen LogP contribution in [0.15, 0.2) is 71.9 Å². The van der Waals surface area contributed by atoms with E-state index in [0.29, 0.717) is 36.1 Å². The predicted molar refractivity (Wildman–Crippen MR) is 131 cm³/mol. The number of anilines is 1. The third-order valence-corrected chi connectivity index (χ3v) is 7.29. The van der Waals surface area contributed by atoms with Crippen molar-refractivity contribution in [3.8, 4) is 5.75 Å². The normalized spacial score (nSPS) is 23.6. The molecule has 3 N–H and O–H groups in total. The van der Waals surface area contributed by atoms with Crippen molar-refractivity contribution < 1.29 is 19.0 Å². The summed E-state index contributed by atoms with van der Waals surface area (Å²) in [7, 11) is 0. The summed E-state index contributed by atoms with van der Waals surface area (Å²) in [6.45, 7) is 1.21. The number of fused-ring (bicyclic) bond motifs is 3. The minimum atomic E-state index is -0.790. The first-order valence-electron chi connectivity index (χ1n) is 11.3. The van der Waals surface area contributed by atoms with Crippen LogP contribution in [0.3, 0.4) is 0 Å². The van der Waals surface area contributed by atoms with Crippen LogP contribution in [0.25, 0.3) is 0 Å². The van der Waals surface area contributed by atoms with Crippen molar-refractivity contribution in [2.45, 2.75) is 18.1 Å². The Morgan fingerprint density at radius 1 is 1.11 bits per heavy atom. The fourth-order valence-corrected chi connectivity index (χ4v) is 5.29. The Morgan fingerprint density at radius 3 is 2.60 bits per heavy atom. The number of nitrogens with zero attached hydrogens (tertiary/aromatic N) is 2. The lowest BCUT2D eigenvalue weighted by atomic mass is 9.59. The number of carbonyl (C=O) groups excluding carboxylic acids is 1. The van der Waals surface area contributed by atoms with Gasteiger partial charge in [0.15, 0.2) is 0 Å². The lowest BCUT2D eigenvalue weighted by molar-refractivity contribution is -0.215. The summed E-state index contributed by atoms with van der Waals surface area (Å²) < 4.78 is 18.1. The van der Waals surface area contributed by atoms with Gasteiger partial charge in [0.05, 0.1) is 23.7 Å². The maximum absolute atomic E-state index is 12.8. The fraction of sp³-hybridized carbons (Fsp3) is 0.269. The monoisotopic (exact) mass is 490 g/mol. The summed E-state index contributed by atoms with van der Waals surface area (Å²) in [6.07, 6.45) is 1.94. The van der Waals surface area contributed by atoms with Crippen LogP contribution >= 0.6 is 11.6 Å². The van der Waals surface area contributed by atoms with Gasteiger partial charge in [0, 0.05) is 23.9 Å². The molecule has 2 spiro atoms. The maximum Gasteiger partial charge on any atom is 0.283 e. The zero-order valence-electron chi connectivity index (χ0n) is 18.7. The number of aliphatic imine (C=N–C) groups is 1. The van der Waals surface area contributed by atoms with E-state index in [-0.39, 0.29) is 30.3 Å². The Kier molecular flexibility index (Phi) is 5.16. The van der Waals surface area contributed by atoms with Gasteiger partial charge in [0.1, 0.15) is 29.7 Å². The number of benzene rings is 2. The highest BCUT2D eigenvalue weighted by atomic mass is 35.5. The highest BCUT2D eigenvalue weighted by molar-refractivity contribution is 6.30. The molecule has 2 unspecified atom stereocenters. The largest absolute Gasteiger partial charge is 0.489 e. The minimum absolute atomic E-state index is 0.141. The molecule has 0 bridgehead atoms. The summed E-state index contributed by atoms with van der Waals surface area (Å²) in [5.41, 5.74) is 7.63. The number of pyridine rings is 1. The quantitative estimate of drug-likeness (QED) is 0.579. The fourth-order valence-electron chi connectivity index (χ4n) is 5.18. The van der Waals surface area contributed by atoms with E-state index in [9.17, 15) is 4.79 Å². The first-order chi connectivity index (χ1) is 17.0. The topological polar surface area (TPSA) is 108 Å². The first-order valence-corrected chi connectivity index (χ1v) is 11.7. The first kappa shape index (κ1) is 21.9. The van der Waals surface area contributed by atoms with Crippen molar-refractivity contribution in [1.29, 1.82) is 0 Å². The Hall–Kier alpha value is -3.62. The minimum Gasteiger partial charge on any atom is -0.489 e. The van der Waals surface area contributed by atoms with E-state index in [0.717, 1.165) is 11.1 Å². The molecule has 35 heavy (non-hydrogen) atoms. The molecular formula is C26H23ClN4O4. The van der Waals surface area contributed by atoms with Crippen LogP contribution in [0.2, 0.25) is 5.02 Å². The van der Waals surface area contributed by atoms with Gasteiger partial charge in [-0.25, -0.2) is 9.98 Å². The number of carbonyl (C=O) groups is 1. The number of hydrogen-bond acceptors (Lipinski definition) is 7. The molecule has 1 amide bonds. The van der Waals surface area contributed by atoms with Crippen molar-refractivity contribution in [2.24, 2.45) is 16.1 Å². The lowest BCUT2D eigenvalue weighted by Crippen LogP contribution is -2.68. The third-order valence-electron chi connectivity index (χ3n) is 7.07. The van der Waals surface area contributed by atoms with Crippen molar-refractivity contribution >= 4 is 29.2 Å². The number of hydrogen-bond donors (Lipinski definition) is 2. The molecule has 1 aromatic heterocycles. The molecule has 6 rings (SSSR count). The molecule has 178 valence electrons. The van der Waals surface area contributed by atoms with Gasteiger partial charge in [-0.2, -0.15) is 0 Å². The maximum atomic E-state index is 12.8. The van der Waals surface area contributed by atoms with Gasteiger partial charge in [-0.1, -0.05) is 41.9 Å². The van der Waals surface area contributed by atoms with Crippen LogP contribution in [0, 0.1) is 5.41 Å². The second-order valence-corrected chi connectivity index (χ2v) is 9.51. The van der Waals surface area contributed by atoms with Crippen LogP contribution < -0.4 is 15.8 Å². The molecule has 0 aliphatic carbocycles. The summed E-state index contributed by atoms with van der Waals surface area (Å²) >= 11 is 5.89. The third kappa shape index (κ3) is 3.52. The number of nitrogens with one attached hydrogen (secondary N) is 1. The number of amides is 1. The van der Waals surface area contributed by atoms with Crippen LogP contribution in [-0.2, 0) is 21.4 Å². The van der Waals surface area contributed by atoms with E-state index < -0.39 is 11.0 Å². The van der Waals surface area contributed by atoms with Gasteiger partial charge in [0.2, 0.25) is 0 Å². The van der Waals surface area contributed by atoms with E-state index in [1.807, 2.05) is 30.3 Å². The standard InChI is InChI=1S/C26H23ClN4O4/c27-17-6-8-20(29-12-17)23(32)30-18-7-9-21-19(11-18)26(15-34-24(28)31-26)25(13-33-14-25)22(35-21)10-16-4-2-1-3-5-16/h1-9,11-12,22H,10,13-15H2,(H2,28,31)(H,30,32). The van der Waals surface area contributed by atoms with Gasteiger partial charge in [-0.3, -0.25) is 4.79 Å². The van der Waals surface area contributed by atoms with Gasteiger partial charge < -0.3 is 25.3 Å². The van der Waals surface area contributed by atoms with E-state index in [1.54, 1.807) is 18.2 Å². The molecule has 1 saturated heterocycles. The van der Waals surface area contributed by atoms with Crippen molar-refractivity contribution in [3.05, 3.63) is 88.7 Å². The summed E-state index contributed by atoms with van der Waals surface area (Å²) in [5.74, 6) is 0.342. The van der Waals surface area contributed by atoms with Crippen molar-refractivity contribution in [2.75, 3.05) is 25.1 Å². The molecule has 0 saturated carbocycles. The zero-order valence-corrected chi connectivity index (χ0v) is 19.5. The van der Waals surface area contributed by atoms with E-state index in [2.05, 4.69) is 22.4 Å². The second kappa shape index (κ2) is 8.25. The molecule has 1 fully saturated rings. The molecule has 3 aliphatic rings. The summed E-state index contributed by atoms with van der Waals surface area (Å²) in [6, 6.07) is 19.1. The Balaban J connectivity index is 1.39. The lowest BCUT2D eigenvalue weighted by Gasteiger charge is -2.57. The molecule has 3 aromatic rings. The van der Waals surface area contributed by atoms with Crippen LogP contribution in [0.4, 0.5) is 5.69 Å². The number of rotatable bonds is 4. The number of halogens is 1. The molecule has 2 aromatic carbocycles. The summed E-state index contributed by atoms with van der Waals surface area (Å²) in [4.78, 5) is 21.7. The second-order valence-electron chi connectivity index (χ2n) is 9.07. The van der Waals surface area contributed by atoms with Crippen LogP contribution in [0.5, 0.6) is 5.75 Å². The molecule has 4 heterocycles. The zero-order chi connectivity index (χ0) is 24.0. The average molecular weight is 491 g/mol. The Bertz CT molecular complexity index is 1310. The molecule has 3 aliphatic heterocycles. The van der Waals surface area contributed by atoms with E-state index in [4.69, 9.17) is 36.5 Å². The average Bonchev–Trinajstić information content (AvgIpc) is 3.22. The van der Waals surface area contributed by atoms with Crippen LogP contribution in [0.1, 0.15) is 21.6 Å². The SMILES string of the molecule is NC1=NC2(CO1)c1cc(NC(=O)c3ccc(Cl)cn3)ccc1OC(Cc1ccccc1)C21COC1. The van der Waals surface area contributed by atoms with E-state index in [1.165, 1.54) is 6.20 Å². The van der Waals surface area contributed by atoms with Gasteiger partial charge in [-0.15, -0.1) is 0 Å². The van der Waals surface area contributed by atoms with Gasteiger partial charge >= 0.3 is 0 Å². The number of amidine groups is 1. The number of ether oxygens (including phenoxy) is 3. The Labute approximate surface area is 207 Å². The highest BCUT2D eigenvalue weighted by Crippen LogP contribution is 2.59. The molecule has 8 nitrogen and oxygen atoms in total. The van der Waals surface area contributed by atoms with Crippen molar-refractivity contribution in [1.82, 2.24) is 4.98 Å². The number of aromatic nitrogens is 1. The summed E-state index contributed by atoms with van der Waals surface area (Å²) in [5, 5.41) is 3.37. The molecule has 9 heteroatoms. The van der Waals surface area contributed by atoms with E-state index >= 15 is 0 Å². The Morgan fingerprint density at radius 2 is 1.94 bits per heavy atom. The van der Waals surface area contributed by atoms with Gasteiger partial charge in [-0.05, 0) is 35.9 Å². The predicted octanol–water partition coefficient (Wildman–Crippen LogP) is 3.55. The van der Waals surface area contributed by atoms with Gasteiger partial charge in [0.25, 0.3) is 11.9 Å².